The average molecular weight is 222 g/mol. The molecule has 1 aromatic heterocycles. The molecule has 0 aromatic carbocycles. The highest BCUT2D eigenvalue weighted by Crippen LogP contribution is 2.23. The Morgan fingerprint density at radius 3 is 3.06 bits per heavy atom. The maximum atomic E-state index is 10.6. The number of imidazole rings is 1. The number of hydrogen-bond donors (Lipinski definition) is 1. The van der Waals surface area contributed by atoms with Gasteiger partial charge in [0.25, 0.3) is 0 Å². The maximum absolute atomic E-state index is 10.6. The first-order chi connectivity index (χ1) is 7.58. The Hall–Kier alpha value is -1.32. The Morgan fingerprint density at radius 2 is 2.38 bits per heavy atom. The van der Waals surface area contributed by atoms with E-state index in [-0.39, 0.29) is 6.42 Å². The van der Waals surface area contributed by atoms with E-state index in [1.54, 1.807) is 0 Å². The lowest BCUT2D eigenvalue weighted by Gasteiger charge is -2.21. The molecule has 1 unspecified atom stereocenters. The summed E-state index contributed by atoms with van der Waals surface area (Å²) in [5.74, 6) is 1.09. The largest absolute Gasteiger partial charge is 0.481 e. The topological polar surface area (TPSA) is 55.1 Å². The molecular formula is C12H18N2O2. The average Bonchev–Trinajstić information content (AvgIpc) is 2.50. The zero-order chi connectivity index (χ0) is 11.7. The smallest absolute Gasteiger partial charge is 0.303 e. The van der Waals surface area contributed by atoms with Crippen molar-refractivity contribution in [1.29, 1.82) is 0 Å². The number of aromatic nitrogens is 2. The van der Waals surface area contributed by atoms with Gasteiger partial charge in [-0.05, 0) is 25.7 Å². The Balaban J connectivity index is 2.21. The van der Waals surface area contributed by atoms with Gasteiger partial charge >= 0.3 is 5.97 Å². The Labute approximate surface area is 95.3 Å². The van der Waals surface area contributed by atoms with Gasteiger partial charge in [-0.25, -0.2) is 4.98 Å². The Kier molecular flexibility index (Phi) is 2.99. The van der Waals surface area contributed by atoms with E-state index < -0.39 is 5.97 Å². The van der Waals surface area contributed by atoms with Gasteiger partial charge in [0.1, 0.15) is 5.82 Å². The molecule has 4 heteroatoms. The summed E-state index contributed by atoms with van der Waals surface area (Å²) in [5.41, 5.74) is 2.12. The first-order valence-electron chi connectivity index (χ1n) is 5.84. The van der Waals surface area contributed by atoms with Crippen LogP contribution in [0.2, 0.25) is 0 Å². The lowest BCUT2D eigenvalue weighted by Crippen LogP contribution is -2.19. The van der Waals surface area contributed by atoms with Crippen molar-refractivity contribution in [3.8, 4) is 0 Å². The molecule has 0 bridgehead atoms. The quantitative estimate of drug-likeness (QED) is 0.848. The van der Waals surface area contributed by atoms with Crippen molar-refractivity contribution >= 4 is 5.97 Å². The molecule has 4 nitrogen and oxygen atoms in total. The Morgan fingerprint density at radius 1 is 1.62 bits per heavy atom. The molecule has 0 aliphatic carbocycles. The summed E-state index contributed by atoms with van der Waals surface area (Å²) in [4.78, 5) is 15.1. The fourth-order valence-electron chi connectivity index (χ4n) is 2.39. The molecule has 2 heterocycles. The van der Waals surface area contributed by atoms with Gasteiger partial charge in [0.05, 0.1) is 12.1 Å². The minimum atomic E-state index is -0.737. The third-order valence-corrected chi connectivity index (χ3v) is 3.30. The van der Waals surface area contributed by atoms with Gasteiger partial charge < -0.3 is 9.67 Å². The van der Waals surface area contributed by atoms with E-state index in [2.05, 4.69) is 16.5 Å². The number of aryl methyl sites for hydroxylation is 1. The lowest BCUT2D eigenvalue weighted by molar-refractivity contribution is -0.136. The Bertz CT molecular complexity index is 409. The van der Waals surface area contributed by atoms with Gasteiger partial charge in [-0.15, -0.1) is 0 Å². The van der Waals surface area contributed by atoms with Gasteiger partial charge in [-0.3, -0.25) is 4.79 Å². The van der Waals surface area contributed by atoms with Crippen LogP contribution in [-0.2, 0) is 24.2 Å². The molecule has 0 spiro atoms. The normalized spacial score (nSPS) is 19.5. The fourth-order valence-corrected chi connectivity index (χ4v) is 2.39. The van der Waals surface area contributed by atoms with E-state index in [0.29, 0.717) is 12.3 Å². The molecule has 0 saturated carbocycles. The molecule has 1 aliphatic rings. The van der Waals surface area contributed by atoms with Crippen LogP contribution in [0.3, 0.4) is 0 Å². The summed E-state index contributed by atoms with van der Waals surface area (Å²) in [6.45, 7) is 5.21. The van der Waals surface area contributed by atoms with E-state index in [1.807, 2.05) is 6.92 Å². The second-order valence-corrected chi connectivity index (χ2v) is 4.70. The summed E-state index contributed by atoms with van der Waals surface area (Å²) in [7, 11) is 0. The highest BCUT2D eigenvalue weighted by atomic mass is 16.4. The fraction of sp³-hybridized carbons (Fsp3) is 0.667. The van der Waals surface area contributed by atoms with Crippen molar-refractivity contribution in [1.82, 2.24) is 9.55 Å². The summed E-state index contributed by atoms with van der Waals surface area (Å²) in [6, 6.07) is 0. The van der Waals surface area contributed by atoms with Crippen LogP contribution in [0, 0.1) is 12.8 Å². The SMILES string of the molecule is Cc1nc2n(c1CCC(=O)O)CCC(C)C2. The van der Waals surface area contributed by atoms with E-state index in [0.717, 1.165) is 30.2 Å². The molecule has 1 N–H and O–H groups in total. The zero-order valence-corrected chi connectivity index (χ0v) is 9.86. The molecular weight excluding hydrogens is 204 g/mol. The monoisotopic (exact) mass is 222 g/mol. The summed E-state index contributed by atoms with van der Waals surface area (Å²) in [5, 5.41) is 8.72. The summed E-state index contributed by atoms with van der Waals surface area (Å²) in [6.07, 6.45) is 2.99. The lowest BCUT2D eigenvalue weighted by atomic mass is 10.0. The predicted molar refractivity (Wildman–Crippen MR) is 60.4 cm³/mol. The van der Waals surface area contributed by atoms with Gasteiger partial charge in [0.15, 0.2) is 0 Å². The third-order valence-electron chi connectivity index (χ3n) is 3.30. The van der Waals surface area contributed by atoms with Gasteiger partial charge in [-0.1, -0.05) is 6.92 Å². The first-order valence-corrected chi connectivity index (χ1v) is 5.84. The molecule has 0 radical (unpaired) electrons. The molecule has 2 rings (SSSR count). The molecule has 1 aromatic rings. The minimum Gasteiger partial charge on any atom is -0.481 e. The predicted octanol–water partition coefficient (Wildman–Crippen LogP) is 1.79. The number of nitrogens with zero attached hydrogens (tertiary/aromatic N) is 2. The third kappa shape index (κ3) is 2.10. The van der Waals surface area contributed by atoms with Crippen LogP contribution in [0.15, 0.2) is 0 Å². The number of fused-ring (bicyclic) bond motifs is 1. The molecule has 16 heavy (non-hydrogen) atoms. The van der Waals surface area contributed by atoms with Crippen LogP contribution in [-0.4, -0.2) is 20.6 Å². The number of carbonyl (C=O) groups is 1. The molecule has 88 valence electrons. The van der Waals surface area contributed by atoms with Gasteiger partial charge in [-0.2, -0.15) is 0 Å². The summed E-state index contributed by atoms with van der Waals surface area (Å²) >= 11 is 0. The molecule has 0 amide bonds. The standard InChI is InChI=1S/C12H18N2O2/c1-8-5-6-14-10(3-4-12(15)16)9(2)13-11(14)7-8/h8H,3-7H2,1-2H3,(H,15,16). The second-order valence-electron chi connectivity index (χ2n) is 4.70. The second kappa shape index (κ2) is 4.28. The molecule has 1 atom stereocenters. The van der Waals surface area contributed by atoms with Gasteiger partial charge in [0.2, 0.25) is 0 Å². The van der Waals surface area contributed by atoms with Crippen LogP contribution in [0.4, 0.5) is 0 Å². The minimum absolute atomic E-state index is 0.196. The van der Waals surface area contributed by atoms with Crippen molar-refractivity contribution < 1.29 is 9.90 Å². The van der Waals surface area contributed by atoms with Crippen molar-refractivity contribution in [3.05, 3.63) is 17.2 Å². The van der Waals surface area contributed by atoms with Gasteiger partial charge in [0, 0.05) is 18.7 Å². The molecule has 1 aliphatic heterocycles. The van der Waals surface area contributed by atoms with Crippen LogP contribution in [0.1, 0.15) is 37.0 Å². The first kappa shape index (κ1) is 11.2. The van der Waals surface area contributed by atoms with E-state index in [4.69, 9.17) is 5.11 Å². The highest BCUT2D eigenvalue weighted by molar-refractivity contribution is 5.67. The van der Waals surface area contributed by atoms with Crippen molar-refractivity contribution in [2.75, 3.05) is 0 Å². The summed E-state index contributed by atoms with van der Waals surface area (Å²) < 4.78 is 2.22. The van der Waals surface area contributed by atoms with Crippen LogP contribution in [0.25, 0.3) is 0 Å². The number of carboxylic acid groups (broad SMARTS) is 1. The number of rotatable bonds is 3. The number of carboxylic acids is 1. The number of aliphatic carboxylic acids is 1. The van der Waals surface area contributed by atoms with E-state index in [1.165, 1.54) is 6.42 Å². The van der Waals surface area contributed by atoms with E-state index in [9.17, 15) is 4.79 Å². The highest BCUT2D eigenvalue weighted by Gasteiger charge is 2.21. The zero-order valence-electron chi connectivity index (χ0n) is 9.86. The van der Waals surface area contributed by atoms with Crippen LogP contribution in [0.5, 0.6) is 0 Å². The van der Waals surface area contributed by atoms with Crippen LogP contribution >= 0.6 is 0 Å². The van der Waals surface area contributed by atoms with Crippen LogP contribution < -0.4 is 0 Å². The van der Waals surface area contributed by atoms with Crippen molar-refractivity contribution in [3.63, 3.8) is 0 Å². The maximum Gasteiger partial charge on any atom is 0.303 e. The van der Waals surface area contributed by atoms with E-state index >= 15 is 0 Å². The van der Waals surface area contributed by atoms with Crippen molar-refractivity contribution in [2.24, 2.45) is 5.92 Å². The number of hydrogen-bond acceptors (Lipinski definition) is 2. The van der Waals surface area contributed by atoms with Crippen molar-refractivity contribution in [2.45, 2.75) is 46.1 Å². The molecule has 0 fully saturated rings. The molecule has 0 saturated heterocycles.